The molecule has 0 fully saturated rings. The summed E-state index contributed by atoms with van der Waals surface area (Å²) < 4.78 is 0.936. The third-order valence-corrected chi connectivity index (χ3v) is 4.22. The molecule has 18 heavy (non-hydrogen) atoms. The molecule has 0 bridgehead atoms. The van der Waals surface area contributed by atoms with Gasteiger partial charge in [0.25, 0.3) is 0 Å². The molecule has 1 heterocycles. The van der Waals surface area contributed by atoms with E-state index in [4.69, 9.17) is 0 Å². The van der Waals surface area contributed by atoms with Gasteiger partial charge in [-0.15, -0.1) is 0 Å². The van der Waals surface area contributed by atoms with Crippen LogP contribution in [0.3, 0.4) is 0 Å². The average Bonchev–Trinajstić information content (AvgIpc) is 2.38. The zero-order valence-corrected chi connectivity index (χ0v) is 13.8. The average molecular weight is 333 g/mol. The van der Waals surface area contributed by atoms with Gasteiger partial charge in [0.15, 0.2) is 0 Å². The molecular formula is C12H21BrN4S. The van der Waals surface area contributed by atoms with Gasteiger partial charge in [0, 0.05) is 19.6 Å². The molecule has 0 spiro atoms. The maximum atomic E-state index is 4.37. The van der Waals surface area contributed by atoms with Crippen LogP contribution in [0.15, 0.2) is 10.8 Å². The molecular weight excluding hydrogens is 312 g/mol. The summed E-state index contributed by atoms with van der Waals surface area (Å²) in [7, 11) is 2.08. The third-order valence-electron chi connectivity index (χ3n) is 2.85. The first-order chi connectivity index (χ1) is 8.61. The monoisotopic (exact) mass is 332 g/mol. The highest BCUT2D eigenvalue weighted by atomic mass is 79.9. The quantitative estimate of drug-likeness (QED) is 0.830. The van der Waals surface area contributed by atoms with Crippen LogP contribution in [0, 0.1) is 0 Å². The molecule has 0 aliphatic heterocycles. The SMILES string of the molecule is CCNc1ncnc(N(C)C(C)CCSC)c1Br. The lowest BCUT2D eigenvalue weighted by Gasteiger charge is -2.27. The Kier molecular flexibility index (Phi) is 6.78. The van der Waals surface area contributed by atoms with E-state index >= 15 is 0 Å². The van der Waals surface area contributed by atoms with Gasteiger partial charge in [0.05, 0.1) is 0 Å². The van der Waals surface area contributed by atoms with Gasteiger partial charge < -0.3 is 10.2 Å². The predicted molar refractivity (Wildman–Crippen MR) is 84.8 cm³/mol. The van der Waals surface area contributed by atoms with Crippen molar-refractivity contribution >= 4 is 39.3 Å². The second-order valence-corrected chi connectivity index (χ2v) is 5.91. The standard InChI is InChI=1S/C12H21BrN4S/c1-5-14-11-10(13)12(16-8-15-11)17(3)9(2)6-7-18-4/h8-9H,5-7H2,1-4H3,(H,14,15,16). The minimum Gasteiger partial charge on any atom is -0.369 e. The number of rotatable bonds is 7. The van der Waals surface area contributed by atoms with Crippen molar-refractivity contribution in [2.75, 3.05) is 35.8 Å². The summed E-state index contributed by atoms with van der Waals surface area (Å²) >= 11 is 5.46. The highest BCUT2D eigenvalue weighted by molar-refractivity contribution is 9.10. The lowest BCUT2D eigenvalue weighted by molar-refractivity contribution is 0.660. The summed E-state index contributed by atoms with van der Waals surface area (Å²) in [4.78, 5) is 10.8. The smallest absolute Gasteiger partial charge is 0.148 e. The molecule has 0 aromatic carbocycles. The van der Waals surface area contributed by atoms with Gasteiger partial charge in [-0.3, -0.25) is 0 Å². The topological polar surface area (TPSA) is 41.1 Å². The number of halogens is 1. The van der Waals surface area contributed by atoms with E-state index < -0.39 is 0 Å². The highest BCUT2D eigenvalue weighted by Crippen LogP contribution is 2.30. The maximum Gasteiger partial charge on any atom is 0.148 e. The van der Waals surface area contributed by atoms with Crippen LogP contribution in [0.4, 0.5) is 11.6 Å². The van der Waals surface area contributed by atoms with Crippen LogP contribution < -0.4 is 10.2 Å². The molecule has 4 nitrogen and oxygen atoms in total. The molecule has 102 valence electrons. The van der Waals surface area contributed by atoms with Crippen molar-refractivity contribution in [3.63, 3.8) is 0 Å². The Labute approximate surface area is 122 Å². The van der Waals surface area contributed by atoms with E-state index in [0.717, 1.165) is 34.8 Å². The van der Waals surface area contributed by atoms with E-state index in [9.17, 15) is 0 Å². The summed E-state index contributed by atoms with van der Waals surface area (Å²) in [5.41, 5.74) is 0. The number of anilines is 2. The van der Waals surface area contributed by atoms with E-state index in [0.29, 0.717) is 6.04 Å². The van der Waals surface area contributed by atoms with Crippen LogP contribution in [-0.2, 0) is 0 Å². The molecule has 0 aliphatic rings. The molecule has 0 radical (unpaired) electrons. The van der Waals surface area contributed by atoms with Crippen molar-refractivity contribution in [1.29, 1.82) is 0 Å². The van der Waals surface area contributed by atoms with Crippen LogP contribution >= 0.6 is 27.7 Å². The van der Waals surface area contributed by atoms with E-state index in [2.05, 4.69) is 63.3 Å². The second kappa shape index (κ2) is 7.84. The van der Waals surface area contributed by atoms with Crippen LogP contribution in [0.25, 0.3) is 0 Å². The van der Waals surface area contributed by atoms with E-state index in [1.807, 2.05) is 11.8 Å². The fourth-order valence-electron chi connectivity index (χ4n) is 1.59. The van der Waals surface area contributed by atoms with Crippen molar-refractivity contribution in [3.8, 4) is 0 Å². The Bertz CT molecular complexity index is 375. The number of hydrogen-bond acceptors (Lipinski definition) is 5. The first kappa shape index (κ1) is 15.6. The van der Waals surface area contributed by atoms with Crippen LogP contribution in [0.2, 0.25) is 0 Å². The maximum absolute atomic E-state index is 4.37. The molecule has 1 unspecified atom stereocenters. The summed E-state index contributed by atoms with van der Waals surface area (Å²) in [6.45, 7) is 5.12. The molecule has 0 aliphatic carbocycles. The zero-order chi connectivity index (χ0) is 13.5. The van der Waals surface area contributed by atoms with E-state index in [-0.39, 0.29) is 0 Å². The van der Waals surface area contributed by atoms with Gasteiger partial charge in [0.2, 0.25) is 0 Å². The van der Waals surface area contributed by atoms with Gasteiger partial charge in [-0.25, -0.2) is 9.97 Å². The predicted octanol–water partition coefficient (Wildman–Crippen LogP) is 3.25. The fraction of sp³-hybridized carbons (Fsp3) is 0.667. The van der Waals surface area contributed by atoms with Gasteiger partial charge in [0.1, 0.15) is 22.4 Å². The summed E-state index contributed by atoms with van der Waals surface area (Å²) in [5, 5.41) is 3.22. The first-order valence-corrected chi connectivity index (χ1v) is 8.26. The highest BCUT2D eigenvalue weighted by Gasteiger charge is 2.16. The summed E-state index contributed by atoms with van der Waals surface area (Å²) in [6.07, 6.45) is 4.89. The molecule has 0 saturated heterocycles. The number of thioether (sulfide) groups is 1. The Balaban J connectivity index is 2.84. The Morgan fingerprint density at radius 3 is 2.83 bits per heavy atom. The van der Waals surface area contributed by atoms with Gasteiger partial charge in [-0.1, -0.05) is 0 Å². The summed E-state index contributed by atoms with van der Waals surface area (Å²) in [6, 6.07) is 0.457. The molecule has 1 rings (SSSR count). The third kappa shape index (κ3) is 4.02. The molecule has 0 saturated carbocycles. The van der Waals surface area contributed by atoms with Crippen molar-refractivity contribution < 1.29 is 0 Å². The summed E-state index contributed by atoms with van der Waals surface area (Å²) in [5.74, 6) is 2.95. The largest absolute Gasteiger partial charge is 0.369 e. The Hall–Kier alpha value is -0.490. The molecule has 6 heteroatoms. The van der Waals surface area contributed by atoms with Gasteiger partial charge in [-0.2, -0.15) is 11.8 Å². The van der Waals surface area contributed by atoms with Gasteiger partial charge >= 0.3 is 0 Å². The Morgan fingerprint density at radius 1 is 1.50 bits per heavy atom. The fourth-order valence-corrected chi connectivity index (χ4v) is 2.79. The van der Waals surface area contributed by atoms with Crippen LogP contribution in [0.1, 0.15) is 20.3 Å². The van der Waals surface area contributed by atoms with Crippen molar-refractivity contribution in [2.45, 2.75) is 26.3 Å². The minimum atomic E-state index is 0.457. The van der Waals surface area contributed by atoms with Crippen LogP contribution in [-0.4, -0.2) is 41.6 Å². The Morgan fingerprint density at radius 2 is 2.22 bits per heavy atom. The van der Waals surface area contributed by atoms with E-state index in [1.165, 1.54) is 0 Å². The number of aromatic nitrogens is 2. The first-order valence-electron chi connectivity index (χ1n) is 6.07. The molecule has 1 atom stereocenters. The van der Waals surface area contributed by atoms with Crippen molar-refractivity contribution in [1.82, 2.24) is 9.97 Å². The molecule has 1 aromatic heterocycles. The molecule has 1 N–H and O–H groups in total. The van der Waals surface area contributed by atoms with Crippen molar-refractivity contribution in [2.24, 2.45) is 0 Å². The lowest BCUT2D eigenvalue weighted by Crippen LogP contribution is -2.30. The van der Waals surface area contributed by atoms with E-state index in [1.54, 1.807) is 6.33 Å². The molecule has 1 aromatic rings. The lowest BCUT2D eigenvalue weighted by atomic mass is 10.2. The van der Waals surface area contributed by atoms with Gasteiger partial charge in [-0.05, 0) is 48.2 Å². The van der Waals surface area contributed by atoms with Crippen molar-refractivity contribution in [3.05, 3.63) is 10.8 Å². The number of nitrogens with zero attached hydrogens (tertiary/aromatic N) is 3. The molecule has 0 amide bonds. The number of hydrogen-bond donors (Lipinski definition) is 1. The zero-order valence-electron chi connectivity index (χ0n) is 11.4. The second-order valence-electron chi connectivity index (χ2n) is 4.13. The van der Waals surface area contributed by atoms with Crippen LogP contribution in [0.5, 0.6) is 0 Å². The minimum absolute atomic E-state index is 0.457. The number of nitrogens with one attached hydrogen (secondary N) is 1. The normalized spacial score (nSPS) is 12.3.